The van der Waals surface area contributed by atoms with Gasteiger partial charge in [-0.3, -0.25) is 0 Å². The quantitative estimate of drug-likeness (QED) is 0.716. The largest absolute Gasteiger partial charge is 0.389 e. The Morgan fingerprint density at radius 1 is 1.50 bits per heavy atom. The Bertz CT molecular complexity index is 273. The van der Waals surface area contributed by atoms with Gasteiger partial charge in [-0.05, 0) is 25.3 Å². The minimum atomic E-state index is -0.742. The van der Waals surface area contributed by atoms with Gasteiger partial charge in [0.1, 0.15) is 5.82 Å². The SMILES string of the molecule is CSc1cccc(F)c1C(C)O. The Hall–Kier alpha value is -0.540. The fraction of sp³-hybridized carbons (Fsp3) is 0.333. The molecule has 0 radical (unpaired) electrons. The topological polar surface area (TPSA) is 20.2 Å². The van der Waals surface area contributed by atoms with Crippen LogP contribution in [-0.4, -0.2) is 11.4 Å². The summed E-state index contributed by atoms with van der Waals surface area (Å²) in [7, 11) is 0. The molecule has 0 bridgehead atoms. The molecule has 1 aromatic rings. The standard InChI is InChI=1S/C9H11FOS/c1-6(11)9-7(10)4-3-5-8(9)12-2/h3-6,11H,1-2H3. The zero-order valence-corrected chi connectivity index (χ0v) is 7.86. The summed E-state index contributed by atoms with van der Waals surface area (Å²) in [6, 6.07) is 4.81. The summed E-state index contributed by atoms with van der Waals surface area (Å²) in [5.41, 5.74) is 0.394. The van der Waals surface area contributed by atoms with Gasteiger partial charge < -0.3 is 5.11 Å². The maximum absolute atomic E-state index is 13.1. The minimum absolute atomic E-state index is 0.336. The third-order valence-electron chi connectivity index (χ3n) is 1.65. The van der Waals surface area contributed by atoms with Gasteiger partial charge in [-0.2, -0.15) is 0 Å². The van der Waals surface area contributed by atoms with Crippen molar-refractivity contribution in [2.24, 2.45) is 0 Å². The van der Waals surface area contributed by atoms with E-state index in [1.165, 1.54) is 17.8 Å². The molecule has 1 nitrogen and oxygen atoms in total. The van der Waals surface area contributed by atoms with Gasteiger partial charge in [-0.15, -0.1) is 11.8 Å². The van der Waals surface area contributed by atoms with Crippen molar-refractivity contribution >= 4 is 11.8 Å². The van der Waals surface area contributed by atoms with Crippen LogP contribution in [0, 0.1) is 5.82 Å². The van der Waals surface area contributed by atoms with E-state index in [0.717, 1.165) is 4.90 Å². The molecule has 1 unspecified atom stereocenters. The predicted molar refractivity (Wildman–Crippen MR) is 48.8 cm³/mol. The van der Waals surface area contributed by atoms with Crippen molar-refractivity contribution in [1.82, 2.24) is 0 Å². The molecule has 1 aromatic carbocycles. The highest BCUT2D eigenvalue weighted by Crippen LogP contribution is 2.27. The Labute approximate surface area is 75.6 Å². The zero-order valence-electron chi connectivity index (χ0n) is 7.04. The van der Waals surface area contributed by atoms with Crippen LogP contribution in [0.4, 0.5) is 4.39 Å². The van der Waals surface area contributed by atoms with Crippen LogP contribution in [0.2, 0.25) is 0 Å². The molecular weight excluding hydrogens is 175 g/mol. The first kappa shape index (κ1) is 9.55. The molecule has 0 aliphatic carbocycles. The van der Waals surface area contributed by atoms with Crippen LogP contribution < -0.4 is 0 Å². The monoisotopic (exact) mass is 186 g/mol. The van der Waals surface area contributed by atoms with E-state index in [0.29, 0.717) is 5.56 Å². The van der Waals surface area contributed by atoms with Crippen molar-refractivity contribution in [3.63, 3.8) is 0 Å². The fourth-order valence-corrected chi connectivity index (χ4v) is 1.80. The van der Waals surface area contributed by atoms with Crippen LogP contribution in [-0.2, 0) is 0 Å². The molecule has 0 saturated carbocycles. The first-order valence-electron chi connectivity index (χ1n) is 3.67. The van der Waals surface area contributed by atoms with Crippen LogP contribution in [0.15, 0.2) is 23.1 Å². The van der Waals surface area contributed by atoms with Gasteiger partial charge in [0, 0.05) is 10.5 Å². The van der Waals surface area contributed by atoms with E-state index in [1.54, 1.807) is 19.1 Å². The average molecular weight is 186 g/mol. The van der Waals surface area contributed by atoms with Crippen molar-refractivity contribution < 1.29 is 9.50 Å². The van der Waals surface area contributed by atoms with Gasteiger partial charge in [0.2, 0.25) is 0 Å². The number of thioether (sulfide) groups is 1. The van der Waals surface area contributed by atoms with Crippen LogP contribution >= 0.6 is 11.8 Å². The summed E-state index contributed by atoms with van der Waals surface area (Å²) in [6.07, 6.45) is 1.12. The number of aliphatic hydroxyl groups excluding tert-OH is 1. The second kappa shape index (κ2) is 3.92. The van der Waals surface area contributed by atoms with Crippen LogP contribution in [0.5, 0.6) is 0 Å². The maximum Gasteiger partial charge on any atom is 0.130 e. The lowest BCUT2D eigenvalue weighted by Crippen LogP contribution is -1.97. The number of aliphatic hydroxyl groups is 1. The van der Waals surface area contributed by atoms with Crippen molar-refractivity contribution in [3.8, 4) is 0 Å². The molecule has 0 aliphatic rings. The Morgan fingerprint density at radius 2 is 2.17 bits per heavy atom. The maximum atomic E-state index is 13.1. The molecule has 0 fully saturated rings. The average Bonchev–Trinajstić information content (AvgIpc) is 2.03. The third-order valence-corrected chi connectivity index (χ3v) is 2.45. The Kier molecular flexibility index (Phi) is 3.12. The van der Waals surface area contributed by atoms with E-state index in [2.05, 4.69) is 0 Å². The molecule has 0 spiro atoms. The molecule has 0 aliphatic heterocycles. The lowest BCUT2D eigenvalue weighted by atomic mass is 10.1. The number of benzene rings is 1. The minimum Gasteiger partial charge on any atom is -0.389 e. The molecule has 66 valence electrons. The highest BCUT2D eigenvalue weighted by molar-refractivity contribution is 7.98. The van der Waals surface area contributed by atoms with Gasteiger partial charge in [0.15, 0.2) is 0 Å². The van der Waals surface area contributed by atoms with E-state index in [4.69, 9.17) is 0 Å². The molecule has 0 aromatic heterocycles. The molecule has 0 heterocycles. The molecule has 1 atom stereocenters. The second-order valence-electron chi connectivity index (χ2n) is 2.53. The summed E-state index contributed by atoms with van der Waals surface area (Å²) in [6.45, 7) is 1.57. The van der Waals surface area contributed by atoms with E-state index < -0.39 is 6.10 Å². The van der Waals surface area contributed by atoms with Crippen molar-refractivity contribution in [2.45, 2.75) is 17.9 Å². The Balaban J connectivity index is 3.20. The number of halogens is 1. The van der Waals surface area contributed by atoms with Gasteiger partial charge in [0.25, 0.3) is 0 Å². The molecule has 3 heteroatoms. The first-order chi connectivity index (χ1) is 5.66. The van der Waals surface area contributed by atoms with Crippen molar-refractivity contribution in [1.29, 1.82) is 0 Å². The summed E-state index contributed by atoms with van der Waals surface area (Å²) in [5, 5.41) is 9.26. The van der Waals surface area contributed by atoms with Gasteiger partial charge in [0.05, 0.1) is 6.10 Å². The predicted octanol–water partition coefficient (Wildman–Crippen LogP) is 2.60. The summed E-state index contributed by atoms with van der Waals surface area (Å²) >= 11 is 1.44. The number of hydrogen-bond donors (Lipinski definition) is 1. The third kappa shape index (κ3) is 1.79. The molecular formula is C9H11FOS. The molecule has 0 amide bonds. The molecule has 0 saturated heterocycles. The highest BCUT2D eigenvalue weighted by Gasteiger charge is 2.11. The van der Waals surface area contributed by atoms with Crippen LogP contribution in [0.1, 0.15) is 18.6 Å². The molecule has 1 rings (SSSR count). The smallest absolute Gasteiger partial charge is 0.130 e. The second-order valence-corrected chi connectivity index (χ2v) is 3.38. The van der Waals surface area contributed by atoms with Crippen molar-refractivity contribution in [3.05, 3.63) is 29.6 Å². The summed E-state index contributed by atoms with van der Waals surface area (Å²) < 4.78 is 13.1. The lowest BCUT2D eigenvalue weighted by molar-refractivity contribution is 0.191. The highest BCUT2D eigenvalue weighted by atomic mass is 32.2. The first-order valence-corrected chi connectivity index (χ1v) is 4.89. The number of hydrogen-bond acceptors (Lipinski definition) is 2. The molecule has 1 N–H and O–H groups in total. The van der Waals surface area contributed by atoms with E-state index in [9.17, 15) is 9.50 Å². The van der Waals surface area contributed by atoms with Crippen molar-refractivity contribution in [2.75, 3.05) is 6.26 Å². The van der Waals surface area contributed by atoms with Gasteiger partial charge >= 0.3 is 0 Å². The lowest BCUT2D eigenvalue weighted by Gasteiger charge is -2.10. The van der Waals surface area contributed by atoms with E-state index in [1.807, 2.05) is 6.26 Å². The zero-order chi connectivity index (χ0) is 9.14. The fourth-order valence-electron chi connectivity index (χ4n) is 1.10. The Morgan fingerprint density at radius 3 is 2.58 bits per heavy atom. The summed E-state index contributed by atoms with van der Waals surface area (Å²) in [4.78, 5) is 0.796. The molecule has 12 heavy (non-hydrogen) atoms. The number of rotatable bonds is 2. The van der Waals surface area contributed by atoms with Gasteiger partial charge in [-0.1, -0.05) is 6.07 Å². The van der Waals surface area contributed by atoms with Gasteiger partial charge in [-0.25, -0.2) is 4.39 Å². The van der Waals surface area contributed by atoms with E-state index in [-0.39, 0.29) is 5.82 Å². The van der Waals surface area contributed by atoms with Crippen LogP contribution in [0.3, 0.4) is 0 Å². The van der Waals surface area contributed by atoms with E-state index >= 15 is 0 Å². The van der Waals surface area contributed by atoms with Crippen LogP contribution in [0.25, 0.3) is 0 Å². The normalized spacial score (nSPS) is 13.0. The summed E-state index contributed by atoms with van der Waals surface area (Å²) in [5.74, 6) is -0.336.